The number of carbonyl (C=O) groups is 1. The minimum atomic E-state index is -0.0540. The molecular formula is C15H16N4O2. The Labute approximate surface area is 122 Å². The molecule has 1 aromatic heterocycles. The van der Waals surface area contributed by atoms with Crippen molar-refractivity contribution in [1.82, 2.24) is 14.9 Å². The summed E-state index contributed by atoms with van der Waals surface area (Å²) in [5.74, 6) is 0.875. The van der Waals surface area contributed by atoms with E-state index in [0.29, 0.717) is 18.8 Å². The Kier molecular flexibility index (Phi) is 3.68. The van der Waals surface area contributed by atoms with Crippen LogP contribution < -0.4 is 10.5 Å². The summed E-state index contributed by atoms with van der Waals surface area (Å²) in [4.78, 5) is 22.1. The molecule has 2 aromatic rings. The van der Waals surface area contributed by atoms with Crippen molar-refractivity contribution >= 4 is 11.9 Å². The lowest BCUT2D eigenvalue weighted by atomic mass is 10.1. The van der Waals surface area contributed by atoms with Gasteiger partial charge >= 0.3 is 0 Å². The standard InChI is InChI=1S/C15H16N4O2/c16-15-17-8-11-6-7-19(9-13(11)18-15)14(20)10-21-12-4-2-1-3-5-12/h1-5,8H,6-7,9-10H2,(H2,16,17,18). The molecule has 0 unspecified atom stereocenters. The molecule has 0 fully saturated rings. The molecule has 0 atom stereocenters. The van der Waals surface area contributed by atoms with E-state index in [2.05, 4.69) is 9.97 Å². The Morgan fingerprint density at radius 3 is 2.95 bits per heavy atom. The number of benzene rings is 1. The third-order valence-electron chi connectivity index (χ3n) is 3.42. The zero-order valence-electron chi connectivity index (χ0n) is 11.5. The maximum Gasteiger partial charge on any atom is 0.260 e. The maximum absolute atomic E-state index is 12.2. The topological polar surface area (TPSA) is 81.3 Å². The van der Waals surface area contributed by atoms with E-state index in [-0.39, 0.29) is 18.5 Å². The van der Waals surface area contributed by atoms with Crippen LogP contribution in [0, 0.1) is 0 Å². The van der Waals surface area contributed by atoms with Crippen molar-refractivity contribution in [3.8, 4) is 5.75 Å². The van der Waals surface area contributed by atoms with E-state index >= 15 is 0 Å². The number of nitrogens with two attached hydrogens (primary N) is 1. The highest BCUT2D eigenvalue weighted by Crippen LogP contribution is 2.17. The molecule has 6 nitrogen and oxygen atoms in total. The molecule has 0 spiro atoms. The molecule has 1 aromatic carbocycles. The van der Waals surface area contributed by atoms with Gasteiger partial charge in [0.15, 0.2) is 6.61 Å². The van der Waals surface area contributed by atoms with Crippen molar-refractivity contribution in [3.63, 3.8) is 0 Å². The van der Waals surface area contributed by atoms with Crippen LogP contribution in [0.1, 0.15) is 11.3 Å². The molecule has 2 heterocycles. The van der Waals surface area contributed by atoms with Crippen LogP contribution in [0.5, 0.6) is 5.75 Å². The minimum Gasteiger partial charge on any atom is -0.484 e. The molecule has 1 aliphatic heterocycles. The number of hydrogen-bond acceptors (Lipinski definition) is 5. The predicted molar refractivity (Wildman–Crippen MR) is 77.5 cm³/mol. The molecule has 3 rings (SSSR count). The average molecular weight is 284 g/mol. The van der Waals surface area contributed by atoms with E-state index in [0.717, 1.165) is 17.7 Å². The highest BCUT2D eigenvalue weighted by atomic mass is 16.5. The minimum absolute atomic E-state index is 0.0277. The first kappa shape index (κ1) is 13.4. The smallest absolute Gasteiger partial charge is 0.260 e. The molecular weight excluding hydrogens is 268 g/mol. The van der Waals surface area contributed by atoms with Gasteiger partial charge in [-0.3, -0.25) is 4.79 Å². The highest BCUT2D eigenvalue weighted by Gasteiger charge is 2.22. The summed E-state index contributed by atoms with van der Waals surface area (Å²) in [6.07, 6.45) is 2.48. The molecule has 1 amide bonds. The summed E-state index contributed by atoms with van der Waals surface area (Å²) in [5, 5.41) is 0. The van der Waals surface area contributed by atoms with Crippen molar-refractivity contribution in [2.45, 2.75) is 13.0 Å². The van der Waals surface area contributed by atoms with Gasteiger partial charge in [0.2, 0.25) is 5.95 Å². The van der Waals surface area contributed by atoms with Crippen LogP contribution in [-0.2, 0) is 17.8 Å². The zero-order chi connectivity index (χ0) is 14.7. The van der Waals surface area contributed by atoms with Crippen molar-refractivity contribution in [2.24, 2.45) is 0 Å². The zero-order valence-corrected chi connectivity index (χ0v) is 11.5. The first-order chi connectivity index (χ1) is 10.2. The third-order valence-corrected chi connectivity index (χ3v) is 3.42. The largest absolute Gasteiger partial charge is 0.484 e. The summed E-state index contributed by atoms with van der Waals surface area (Å²) < 4.78 is 5.48. The first-order valence-electron chi connectivity index (χ1n) is 6.78. The molecule has 108 valence electrons. The Bertz CT molecular complexity index is 645. The van der Waals surface area contributed by atoms with E-state index in [1.807, 2.05) is 30.3 Å². The van der Waals surface area contributed by atoms with Crippen LogP contribution in [0.2, 0.25) is 0 Å². The van der Waals surface area contributed by atoms with Gasteiger partial charge in [-0.1, -0.05) is 18.2 Å². The lowest BCUT2D eigenvalue weighted by molar-refractivity contribution is -0.134. The molecule has 1 aliphatic rings. The number of hydrogen-bond donors (Lipinski definition) is 1. The lowest BCUT2D eigenvalue weighted by Crippen LogP contribution is -2.39. The molecule has 6 heteroatoms. The molecule has 0 radical (unpaired) electrons. The molecule has 21 heavy (non-hydrogen) atoms. The van der Waals surface area contributed by atoms with Crippen molar-refractivity contribution in [3.05, 3.63) is 47.8 Å². The summed E-state index contributed by atoms with van der Waals surface area (Å²) in [7, 11) is 0. The van der Waals surface area contributed by atoms with Crippen molar-refractivity contribution in [1.29, 1.82) is 0 Å². The fraction of sp³-hybridized carbons (Fsp3) is 0.267. The first-order valence-corrected chi connectivity index (χ1v) is 6.78. The van der Waals surface area contributed by atoms with Gasteiger partial charge in [0.1, 0.15) is 5.75 Å². The quantitative estimate of drug-likeness (QED) is 0.910. The van der Waals surface area contributed by atoms with E-state index in [9.17, 15) is 4.79 Å². The molecule has 0 saturated carbocycles. The van der Waals surface area contributed by atoms with Crippen molar-refractivity contribution < 1.29 is 9.53 Å². The Hall–Kier alpha value is -2.63. The van der Waals surface area contributed by atoms with Gasteiger partial charge in [-0.2, -0.15) is 0 Å². The number of anilines is 1. The highest BCUT2D eigenvalue weighted by molar-refractivity contribution is 5.78. The number of nitrogens with zero attached hydrogens (tertiary/aromatic N) is 3. The van der Waals surface area contributed by atoms with Gasteiger partial charge in [0.05, 0.1) is 12.2 Å². The van der Waals surface area contributed by atoms with E-state index in [1.54, 1.807) is 11.1 Å². The number of nitrogen functional groups attached to an aromatic ring is 1. The third kappa shape index (κ3) is 3.10. The van der Waals surface area contributed by atoms with E-state index < -0.39 is 0 Å². The number of aromatic nitrogens is 2. The number of fused-ring (bicyclic) bond motifs is 1. The Balaban J connectivity index is 1.61. The number of para-hydroxylation sites is 1. The van der Waals surface area contributed by atoms with Crippen LogP contribution in [0.3, 0.4) is 0 Å². The summed E-state index contributed by atoms with van der Waals surface area (Å²) >= 11 is 0. The normalized spacial score (nSPS) is 13.6. The van der Waals surface area contributed by atoms with Gasteiger partial charge in [-0.05, 0) is 24.1 Å². The number of ether oxygens (including phenoxy) is 1. The van der Waals surface area contributed by atoms with Crippen molar-refractivity contribution in [2.75, 3.05) is 18.9 Å². The second-order valence-electron chi connectivity index (χ2n) is 4.87. The fourth-order valence-electron chi connectivity index (χ4n) is 2.28. The Morgan fingerprint density at radius 2 is 2.14 bits per heavy atom. The number of carbonyl (C=O) groups excluding carboxylic acids is 1. The second-order valence-corrected chi connectivity index (χ2v) is 4.87. The maximum atomic E-state index is 12.2. The summed E-state index contributed by atoms with van der Waals surface area (Å²) in [6.45, 7) is 1.14. The van der Waals surface area contributed by atoms with E-state index in [1.165, 1.54) is 0 Å². The van der Waals surface area contributed by atoms with Crippen LogP contribution >= 0.6 is 0 Å². The monoisotopic (exact) mass is 284 g/mol. The predicted octanol–water partition coefficient (Wildman–Crippen LogP) is 1.02. The number of rotatable bonds is 3. The molecule has 0 aliphatic carbocycles. The lowest BCUT2D eigenvalue weighted by Gasteiger charge is -2.27. The Morgan fingerprint density at radius 1 is 1.33 bits per heavy atom. The van der Waals surface area contributed by atoms with Gasteiger partial charge in [0, 0.05) is 12.7 Å². The van der Waals surface area contributed by atoms with Crippen LogP contribution in [0.15, 0.2) is 36.5 Å². The summed E-state index contributed by atoms with van der Waals surface area (Å²) in [5.41, 5.74) is 7.46. The van der Waals surface area contributed by atoms with Gasteiger partial charge < -0.3 is 15.4 Å². The van der Waals surface area contributed by atoms with Crippen LogP contribution in [0.4, 0.5) is 5.95 Å². The SMILES string of the molecule is Nc1ncc2c(n1)CN(C(=O)COc1ccccc1)CC2. The molecule has 0 saturated heterocycles. The average Bonchev–Trinajstić information content (AvgIpc) is 2.53. The van der Waals surface area contributed by atoms with E-state index in [4.69, 9.17) is 10.5 Å². The second kappa shape index (κ2) is 5.78. The van der Waals surface area contributed by atoms with Gasteiger partial charge in [-0.15, -0.1) is 0 Å². The summed E-state index contributed by atoms with van der Waals surface area (Å²) in [6, 6.07) is 9.30. The van der Waals surface area contributed by atoms with Crippen LogP contribution in [0.25, 0.3) is 0 Å². The fourth-order valence-corrected chi connectivity index (χ4v) is 2.28. The van der Waals surface area contributed by atoms with Gasteiger partial charge in [0.25, 0.3) is 5.91 Å². The van der Waals surface area contributed by atoms with Crippen LogP contribution in [-0.4, -0.2) is 33.9 Å². The number of amides is 1. The van der Waals surface area contributed by atoms with Gasteiger partial charge in [-0.25, -0.2) is 9.97 Å². The molecule has 2 N–H and O–H groups in total. The molecule has 0 bridgehead atoms.